The Balaban J connectivity index is 0.819. The van der Waals surface area contributed by atoms with Crippen LogP contribution in [0.1, 0.15) is 63.4 Å². The van der Waals surface area contributed by atoms with Gasteiger partial charge in [0, 0.05) is 68.2 Å². The Hall–Kier alpha value is -11.7. The van der Waals surface area contributed by atoms with Crippen LogP contribution in [0.15, 0.2) is 375 Å². The maximum Gasteiger partial charge on any atom is 0.0713 e. The molecule has 0 bridgehead atoms. The number of fused-ring (bicyclic) bond motifs is 3. The van der Waals surface area contributed by atoms with E-state index in [4.69, 9.17) is 35.6 Å². The van der Waals surface area contributed by atoms with Crippen LogP contribution in [0.3, 0.4) is 0 Å². The number of hydrogen-bond donors (Lipinski definition) is 0. The van der Waals surface area contributed by atoms with Gasteiger partial charge < -0.3 is 19.6 Å². The Bertz CT molecular complexity index is 5840. The van der Waals surface area contributed by atoms with Gasteiger partial charge >= 0.3 is 0 Å². The van der Waals surface area contributed by atoms with Crippen molar-refractivity contribution in [2.24, 2.45) is 0 Å². The average molecular weight is 1170 g/mol. The maximum absolute atomic E-state index is 9.37. The molecule has 422 valence electrons. The fourth-order valence-electron chi connectivity index (χ4n) is 11.6. The van der Waals surface area contributed by atoms with Gasteiger partial charge in [0.05, 0.1) is 46.5 Å². The molecule has 4 heteroatoms. The summed E-state index contributed by atoms with van der Waals surface area (Å²) in [6.07, 6.45) is 0. The lowest BCUT2D eigenvalue weighted by Gasteiger charge is -2.35. The first kappa shape index (κ1) is 30.6. The largest absolute Gasteiger partial charge is 0.311 e. The van der Waals surface area contributed by atoms with E-state index in [9.17, 15) is 5.48 Å². The second-order valence-electron chi connectivity index (χ2n) is 20.3. The number of para-hydroxylation sites is 6. The molecule has 0 fully saturated rings. The number of rotatable bonds is 16. The van der Waals surface area contributed by atoms with E-state index in [1.165, 1.54) is 24.3 Å². The summed E-state index contributed by atoms with van der Waals surface area (Å²) < 4.78 is 263. The van der Waals surface area contributed by atoms with E-state index >= 15 is 0 Å². The van der Waals surface area contributed by atoms with Gasteiger partial charge in [0.2, 0.25) is 0 Å². The van der Waals surface area contributed by atoms with E-state index in [2.05, 4.69) is 0 Å². The third-order valence-electron chi connectivity index (χ3n) is 15.5. The third kappa shape index (κ3) is 10.3. The van der Waals surface area contributed by atoms with Gasteiger partial charge in [-0.3, -0.25) is 0 Å². The normalized spacial score (nSPS) is 16.6. The second-order valence-corrected chi connectivity index (χ2v) is 20.3. The van der Waals surface area contributed by atoms with Crippen LogP contribution < -0.4 is 19.6 Å². The van der Waals surface area contributed by atoms with Crippen molar-refractivity contribution in [2.75, 3.05) is 19.6 Å². The van der Waals surface area contributed by atoms with E-state index in [0.717, 1.165) is 32.1 Å². The monoisotopic (exact) mass is 1170 g/mol. The summed E-state index contributed by atoms with van der Waals surface area (Å²) in [6, 6.07) is 36.7. The first-order valence-corrected chi connectivity index (χ1v) is 28.0. The fraction of sp³-hybridized carbons (Fsp3) is 0.0118. The summed E-state index contributed by atoms with van der Waals surface area (Å²) in [7, 11) is 0. The highest BCUT2D eigenvalue weighted by atomic mass is 15.2. The summed E-state index contributed by atoms with van der Waals surface area (Å²) in [5.74, 6) is 0. The minimum atomic E-state index is -1.15. The summed E-state index contributed by atoms with van der Waals surface area (Å²) in [4.78, 5) is 5.18. The summed E-state index contributed by atoms with van der Waals surface area (Å²) in [5.41, 5.74) is 5.33. The lowest BCUT2D eigenvalue weighted by atomic mass is 9.67. The zero-order valence-corrected chi connectivity index (χ0v) is 46.8. The lowest BCUT2D eigenvalue weighted by molar-refractivity contribution is 0.768. The van der Waals surface area contributed by atoms with Crippen LogP contribution in [0.5, 0.6) is 0 Å². The first-order valence-electron chi connectivity index (χ1n) is 43.0. The predicted molar refractivity (Wildman–Crippen MR) is 373 cm³/mol. The Morgan fingerprint density at radius 3 is 0.607 bits per heavy atom. The Morgan fingerprint density at radius 1 is 0.191 bits per heavy atom. The molecule has 0 unspecified atom stereocenters. The van der Waals surface area contributed by atoms with Crippen LogP contribution >= 0.6 is 0 Å². The standard InChI is InChI=1S/C85H62N4/c1-7-23-69(24-8-1)86(70-25-9-2-10-26-70)75-51-39-63(40-52-75)65-43-55-77(56-44-65)88(73-31-15-5-16-32-73)79-59-47-67(48-60-79)85(83-37-21-19-35-81(83)82-36-20-22-38-84(82)85)68-49-61-80(62-50-68)89(74-33-17-6-18-34-74)78-57-45-66(46-58-78)64-41-53-76(54-42-64)87(71-27-11-3-12-28-71)72-29-13-4-14-30-72/h1-62H/i1D,2D,3D,4D,5D,6D,7D,8D,9D,10D,11D,12D,13D,14D,15D,16D,17D,18D,23D,24D,25D,26D,27D,28D,29D,30D,31D,32D,33D,34D. The minimum absolute atomic E-state index is 0.0702. The van der Waals surface area contributed by atoms with Gasteiger partial charge in [0.1, 0.15) is 0 Å². The van der Waals surface area contributed by atoms with Crippen molar-refractivity contribution in [3.63, 3.8) is 0 Å². The minimum Gasteiger partial charge on any atom is -0.311 e. The fourth-order valence-corrected chi connectivity index (χ4v) is 11.6. The van der Waals surface area contributed by atoms with E-state index in [-0.39, 0.29) is 22.7 Å². The van der Waals surface area contributed by atoms with Gasteiger partial charge in [0.15, 0.2) is 0 Å². The molecule has 0 amide bonds. The predicted octanol–water partition coefficient (Wildman–Crippen LogP) is 23.3. The molecule has 14 aromatic rings. The van der Waals surface area contributed by atoms with Gasteiger partial charge in [-0.2, -0.15) is 0 Å². The van der Waals surface area contributed by atoms with Crippen LogP contribution in [0.2, 0.25) is 0 Å². The number of benzene rings is 14. The molecule has 1 aliphatic rings. The summed E-state index contributed by atoms with van der Waals surface area (Å²) >= 11 is 0. The molecule has 1 aliphatic carbocycles. The van der Waals surface area contributed by atoms with E-state index in [1.807, 2.05) is 72.8 Å². The molecule has 15 rings (SSSR count). The van der Waals surface area contributed by atoms with Gasteiger partial charge in [0.25, 0.3) is 0 Å². The molecule has 0 N–H and O–H groups in total. The number of nitrogens with zero attached hydrogens (tertiary/aromatic N) is 4. The highest BCUT2D eigenvalue weighted by molar-refractivity contribution is 5.89. The van der Waals surface area contributed by atoms with E-state index in [0.29, 0.717) is 56.1 Å². The summed E-state index contributed by atoms with van der Waals surface area (Å²) in [5, 5.41) is 0. The molecule has 0 saturated heterocycles. The van der Waals surface area contributed by atoms with Crippen molar-refractivity contribution < 1.29 is 41.1 Å². The van der Waals surface area contributed by atoms with Crippen molar-refractivity contribution in [2.45, 2.75) is 5.41 Å². The molecule has 14 aromatic carbocycles. The number of anilines is 12. The van der Waals surface area contributed by atoms with E-state index < -0.39 is 209 Å². The molecule has 0 aliphatic heterocycles. The Labute approximate surface area is 564 Å². The molecule has 4 nitrogen and oxygen atoms in total. The highest BCUT2D eigenvalue weighted by Crippen LogP contribution is 2.57. The van der Waals surface area contributed by atoms with Crippen molar-refractivity contribution in [3.8, 4) is 33.4 Å². The van der Waals surface area contributed by atoms with Crippen molar-refractivity contribution in [3.05, 3.63) is 398 Å². The molecule has 0 atom stereocenters. The zero-order chi connectivity index (χ0) is 85.5. The smallest absolute Gasteiger partial charge is 0.0713 e. The quantitative estimate of drug-likeness (QED) is 0.0956. The Morgan fingerprint density at radius 2 is 0.382 bits per heavy atom. The second kappa shape index (κ2) is 24.0. The van der Waals surface area contributed by atoms with Crippen molar-refractivity contribution in [1.82, 2.24) is 0 Å². The average Bonchev–Trinajstić information content (AvgIpc) is 1.54. The molecule has 89 heavy (non-hydrogen) atoms. The molecule has 0 aromatic heterocycles. The van der Waals surface area contributed by atoms with Gasteiger partial charge in [-0.15, -0.1) is 0 Å². The van der Waals surface area contributed by atoms with Crippen LogP contribution in [0.25, 0.3) is 33.4 Å². The van der Waals surface area contributed by atoms with Crippen molar-refractivity contribution >= 4 is 68.2 Å². The van der Waals surface area contributed by atoms with Crippen LogP contribution in [-0.2, 0) is 5.41 Å². The van der Waals surface area contributed by atoms with Crippen molar-refractivity contribution in [1.29, 1.82) is 0 Å². The molecule has 0 spiro atoms. The van der Waals surface area contributed by atoms with Crippen LogP contribution in [-0.4, -0.2) is 0 Å². The highest BCUT2D eigenvalue weighted by Gasteiger charge is 2.46. The molecule has 0 saturated carbocycles. The van der Waals surface area contributed by atoms with Gasteiger partial charge in [-0.05, 0) is 201 Å². The Kier molecular flexibility index (Phi) is 8.24. The van der Waals surface area contributed by atoms with Crippen LogP contribution in [0.4, 0.5) is 68.2 Å². The number of hydrogen-bond acceptors (Lipinski definition) is 4. The van der Waals surface area contributed by atoms with Gasteiger partial charge in [-0.1, -0.05) is 230 Å². The topological polar surface area (TPSA) is 13.0 Å². The summed E-state index contributed by atoms with van der Waals surface area (Å²) in [6.45, 7) is 0. The first-order chi connectivity index (χ1) is 56.6. The van der Waals surface area contributed by atoms with Crippen LogP contribution in [0, 0.1) is 0 Å². The molecular weight excluding hydrogens is 1080 g/mol. The maximum atomic E-state index is 9.37. The molecule has 0 radical (unpaired) electrons. The third-order valence-corrected chi connectivity index (χ3v) is 15.5. The SMILES string of the molecule is [2H]c1c([2H])c([2H])c(N(c2ccc(-c3ccc(N(c4c([2H])c([2H])c([2H])c([2H])c4[2H])c4c([2H])c([2H])c([2H])c([2H])c4[2H])cc3)cc2)c2ccc(C3(c4ccc(N(c5ccc(-c6ccc(N(c7c([2H])c([2H])c([2H])c([2H])c7[2H])c7c([2H])c([2H])c([2H])c([2H])c7[2H])cc6)cc5)c5c([2H])c([2H])c([2H])c([2H])c5[2H])cc4)c4ccccc4-c4ccccc43)cc2)c([2H])c1[2H]. The molecular formula is C85H62N4. The lowest BCUT2D eigenvalue weighted by Crippen LogP contribution is -2.28. The molecule has 0 heterocycles. The van der Waals surface area contributed by atoms with E-state index in [1.54, 1.807) is 107 Å². The van der Waals surface area contributed by atoms with Gasteiger partial charge in [-0.25, -0.2) is 0 Å². The zero-order valence-electron chi connectivity index (χ0n) is 76.8.